The van der Waals surface area contributed by atoms with Gasteiger partial charge in [-0.1, -0.05) is 18.2 Å². The molecule has 12 heavy (non-hydrogen) atoms. The standard InChI is InChI=1S/C9H13NOSi/c1-11-12-8-7-10-9-5-3-2-4-6-9/h2-6,10H,7-8H2,1H3. The van der Waals surface area contributed by atoms with Crippen molar-refractivity contribution in [1.29, 1.82) is 0 Å². The van der Waals surface area contributed by atoms with Crippen molar-refractivity contribution in [2.45, 2.75) is 6.04 Å². The Morgan fingerprint density at radius 3 is 2.75 bits per heavy atom. The lowest BCUT2D eigenvalue weighted by Gasteiger charge is -2.03. The molecule has 0 aliphatic heterocycles. The Hall–Kier alpha value is -0.803. The van der Waals surface area contributed by atoms with E-state index in [4.69, 9.17) is 4.43 Å². The molecule has 1 aromatic rings. The van der Waals surface area contributed by atoms with Gasteiger partial charge < -0.3 is 9.74 Å². The van der Waals surface area contributed by atoms with Crippen LogP contribution < -0.4 is 5.32 Å². The Kier molecular flexibility index (Phi) is 4.49. The second kappa shape index (κ2) is 5.80. The third kappa shape index (κ3) is 3.55. The number of hydrogen-bond acceptors (Lipinski definition) is 2. The van der Waals surface area contributed by atoms with E-state index in [9.17, 15) is 0 Å². The molecule has 2 nitrogen and oxygen atoms in total. The maximum atomic E-state index is 4.97. The zero-order valence-electron chi connectivity index (χ0n) is 7.21. The highest BCUT2D eigenvalue weighted by molar-refractivity contribution is 6.27. The summed E-state index contributed by atoms with van der Waals surface area (Å²) >= 11 is 0. The van der Waals surface area contributed by atoms with Crippen LogP contribution in [0.2, 0.25) is 6.04 Å². The van der Waals surface area contributed by atoms with Crippen LogP contribution >= 0.6 is 0 Å². The van der Waals surface area contributed by atoms with Gasteiger partial charge in [-0.15, -0.1) is 0 Å². The summed E-state index contributed by atoms with van der Waals surface area (Å²) in [5, 5.41) is 3.31. The summed E-state index contributed by atoms with van der Waals surface area (Å²) in [6.07, 6.45) is 0. The predicted octanol–water partition coefficient (Wildman–Crippen LogP) is 1.78. The molecule has 0 saturated heterocycles. The summed E-state index contributed by atoms with van der Waals surface area (Å²) in [6, 6.07) is 11.3. The van der Waals surface area contributed by atoms with Crippen LogP contribution in [-0.4, -0.2) is 23.4 Å². The largest absolute Gasteiger partial charge is 0.421 e. The topological polar surface area (TPSA) is 21.3 Å². The molecule has 2 radical (unpaired) electrons. The highest BCUT2D eigenvalue weighted by Gasteiger charge is 1.89. The molecule has 0 unspecified atom stereocenters. The van der Waals surface area contributed by atoms with Gasteiger partial charge in [0.25, 0.3) is 0 Å². The smallest absolute Gasteiger partial charge is 0.230 e. The molecule has 0 fully saturated rings. The first-order valence-electron chi connectivity index (χ1n) is 3.98. The average Bonchev–Trinajstić information content (AvgIpc) is 2.14. The summed E-state index contributed by atoms with van der Waals surface area (Å²) < 4.78 is 4.97. The molecule has 0 saturated carbocycles. The summed E-state index contributed by atoms with van der Waals surface area (Å²) in [5.74, 6) is 0. The number of anilines is 1. The van der Waals surface area contributed by atoms with E-state index in [1.807, 2.05) is 18.2 Å². The fraction of sp³-hybridized carbons (Fsp3) is 0.333. The maximum Gasteiger partial charge on any atom is 0.230 e. The van der Waals surface area contributed by atoms with Crippen molar-refractivity contribution in [2.75, 3.05) is 19.0 Å². The summed E-state index contributed by atoms with van der Waals surface area (Å²) in [6.45, 7) is 0.982. The molecular weight excluding hydrogens is 166 g/mol. The first-order valence-corrected chi connectivity index (χ1v) is 5.10. The van der Waals surface area contributed by atoms with Crippen LogP contribution in [0.1, 0.15) is 0 Å². The van der Waals surface area contributed by atoms with E-state index >= 15 is 0 Å². The lowest BCUT2D eigenvalue weighted by molar-refractivity contribution is 0.441. The lowest BCUT2D eigenvalue weighted by Crippen LogP contribution is -2.05. The second-order valence-electron chi connectivity index (χ2n) is 2.39. The van der Waals surface area contributed by atoms with Crippen LogP contribution in [-0.2, 0) is 4.43 Å². The summed E-state index contributed by atoms with van der Waals surface area (Å²) in [5.41, 5.74) is 1.18. The fourth-order valence-corrected chi connectivity index (χ4v) is 1.35. The first kappa shape index (κ1) is 9.29. The van der Waals surface area contributed by atoms with Crippen molar-refractivity contribution < 1.29 is 4.43 Å². The van der Waals surface area contributed by atoms with Gasteiger partial charge in [-0.3, -0.25) is 0 Å². The monoisotopic (exact) mass is 179 g/mol. The SMILES string of the molecule is CO[Si]CCNc1ccccc1. The molecule has 0 aliphatic rings. The predicted molar refractivity (Wildman–Crippen MR) is 52.5 cm³/mol. The first-order chi connectivity index (χ1) is 5.93. The quantitative estimate of drug-likeness (QED) is 0.549. The number of nitrogens with one attached hydrogen (secondary N) is 1. The highest BCUT2D eigenvalue weighted by atomic mass is 28.2. The Balaban J connectivity index is 2.16. The van der Waals surface area contributed by atoms with Crippen molar-refractivity contribution in [3.63, 3.8) is 0 Å². The molecule has 0 amide bonds. The molecule has 0 aromatic heterocycles. The number of hydrogen-bond donors (Lipinski definition) is 1. The van der Waals surface area contributed by atoms with Gasteiger partial charge in [0.05, 0.1) is 0 Å². The van der Waals surface area contributed by atoms with Crippen LogP contribution in [0.15, 0.2) is 30.3 Å². The molecule has 3 heteroatoms. The van der Waals surface area contributed by atoms with Gasteiger partial charge >= 0.3 is 0 Å². The molecular formula is C9H13NOSi. The Morgan fingerprint density at radius 1 is 1.33 bits per heavy atom. The number of para-hydroxylation sites is 1. The van der Waals surface area contributed by atoms with E-state index in [0.29, 0.717) is 9.76 Å². The highest BCUT2D eigenvalue weighted by Crippen LogP contribution is 2.04. The third-order valence-electron chi connectivity index (χ3n) is 1.47. The number of benzene rings is 1. The molecule has 0 atom stereocenters. The summed E-state index contributed by atoms with van der Waals surface area (Å²) in [4.78, 5) is 0. The van der Waals surface area contributed by atoms with Crippen LogP contribution in [0, 0.1) is 0 Å². The van der Waals surface area contributed by atoms with Crippen molar-refractivity contribution in [3.05, 3.63) is 30.3 Å². The van der Waals surface area contributed by atoms with Crippen molar-refractivity contribution >= 4 is 15.5 Å². The Morgan fingerprint density at radius 2 is 2.08 bits per heavy atom. The van der Waals surface area contributed by atoms with Crippen LogP contribution in [0.5, 0.6) is 0 Å². The van der Waals surface area contributed by atoms with Crippen molar-refractivity contribution in [2.24, 2.45) is 0 Å². The van der Waals surface area contributed by atoms with Gasteiger partial charge in [-0.2, -0.15) is 0 Å². The van der Waals surface area contributed by atoms with Gasteiger partial charge in [0.15, 0.2) is 0 Å². The average molecular weight is 179 g/mol. The minimum atomic E-state index is 0.604. The molecule has 1 aromatic carbocycles. The minimum Gasteiger partial charge on any atom is -0.421 e. The van der Waals surface area contributed by atoms with Gasteiger partial charge in [-0.05, 0) is 18.2 Å². The molecule has 64 valence electrons. The molecule has 1 N–H and O–H groups in total. The van der Waals surface area contributed by atoms with Crippen LogP contribution in [0.25, 0.3) is 0 Å². The zero-order chi connectivity index (χ0) is 8.65. The molecule has 0 bridgehead atoms. The van der Waals surface area contributed by atoms with E-state index in [1.165, 1.54) is 5.69 Å². The maximum absolute atomic E-state index is 4.97. The Labute approximate surface area is 75.9 Å². The van der Waals surface area contributed by atoms with Crippen molar-refractivity contribution in [3.8, 4) is 0 Å². The number of rotatable bonds is 5. The van der Waals surface area contributed by atoms with E-state index in [-0.39, 0.29) is 0 Å². The van der Waals surface area contributed by atoms with Gasteiger partial charge in [0.2, 0.25) is 9.76 Å². The van der Waals surface area contributed by atoms with Crippen LogP contribution in [0.3, 0.4) is 0 Å². The van der Waals surface area contributed by atoms with Gasteiger partial charge in [-0.25, -0.2) is 0 Å². The third-order valence-corrected chi connectivity index (χ3v) is 2.22. The Bertz CT molecular complexity index is 203. The van der Waals surface area contributed by atoms with E-state index in [0.717, 1.165) is 12.6 Å². The van der Waals surface area contributed by atoms with E-state index in [2.05, 4.69) is 17.4 Å². The zero-order valence-corrected chi connectivity index (χ0v) is 8.21. The van der Waals surface area contributed by atoms with E-state index in [1.54, 1.807) is 7.11 Å². The normalized spacial score (nSPS) is 9.75. The minimum absolute atomic E-state index is 0.604. The molecule has 0 heterocycles. The molecule has 1 rings (SSSR count). The van der Waals surface area contributed by atoms with Gasteiger partial charge in [0.1, 0.15) is 0 Å². The van der Waals surface area contributed by atoms with Crippen LogP contribution in [0.4, 0.5) is 5.69 Å². The summed E-state index contributed by atoms with van der Waals surface area (Å²) in [7, 11) is 2.34. The molecule has 0 aliphatic carbocycles. The van der Waals surface area contributed by atoms with Gasteiger partial charge in [0, 0.05) is 19.3 Å². The lowest BCUT2D eigenvalue weighted by atomic mass is 10.3. The fourth-order valence-electron chi connectivity index (χ4n) is 0.916. The van der Waals surface area contributed by atoms with Crippen molar-refractivity contribution in [1.82, 2.24) is 0 Å². The second-order valence-corrected chi connectivity index (χ2v) is 3.59. The molecule has 0 spiro atoms. The van der Waals surface area contributed by atoms with E-state index < -0.39 is 0 Å².